The number of hydrogen-bond donors (Lipinski definition) is 2. The number of halogens is 2. The monoisotopic (exact) mass is 357 g/mol. The number of carbonyl (C=O) groups is 1. The van der Waals surface area contributed by atoms with Crippen molar-refractivity contribution in [1.82, 2.24) is 4.90 Å². The van der Waals surface area contributed by atoms with E-state index in [1.807, 2.05) is 26.8 Å². The lowest BCUT2D eigenvalue weighted by Crippen LogP contribution is -2.50. The van der Waals surface area contributed by atoms with E-state index in [1.54, 1.807) is 12.1 Å². The molecule has 1 atom stereocenters. The van der Waals surface area contributed by atoms with Gasteiger partial charge in [0.05, 0.1) is 16.7 Å². The van der Waals surface area contributed by atoms with Crippen LogP contribution in [0, 0.1) is 5.41 Å². The van der Waals surface area contributed by atoms with Gasteiger partial charge in [-0.3, -0.25) is 0 Å². The number of amides is 1. The van der Waals surface area contributed by atoms with Gasteiger partial charge in [0.15, 0.2) is 0 Å². The molecule has 1 amide bonds. The Bertz CT molecular complexity index is 650. The molecule has 0 fully saturated rings. The fraction of sp³-hybridized carbons (Fsp3) is 0.471. The van der Waals surface area contributed by atoms with E-state index in [9.17, 15) is 15.0 Å². The van der Waals surface area contributed by atoms with E-state index in [0.29, 0.717) is 22.0 Å². The van der Waals surface area contributed by atoms with Crippen LogP contribution in [0.5, 0.6) is 0 Å². The van der Waals surface area contributed by atoms with Crippen molar-refractivity contribution >= 4 is 34.9 Å². The van der Waals surface area contributed by atoms with Gasteiger partial charge in [-0.05, 0) is 40.7 Å². The van der Waals surface area contributed by atoms with Gasteiger partial charge in [-0.25, -0.2) is 4.79 Å². The summed E-state index contributed by atoms with van der Waals surface area (Å²) in [6.45, 7) is 6.07. The average molecular weight is 358 g/mol. The molecule has 6 heteroatoms. The van der Waals surface area contributed by atoms with E-state index < -0.39 is 6.09 Å². The van der Waals surface area contributed by atoms with Crippen molar-refractivity contribution in [1.29, 1.82) is 0 Å². The summed E-state index contributed by atoms with van der Waals surface area (Å²) in [5, 5.41) is 20.1. The Labute approximate surface area is 146 Å². The molecule has 2 rings (SSSR count). The van der Waals surface area contributed by atoms with E-state index in [-0.39, 0.29) is 24.6 Å². The molecule has 126 valence electrons. The van der Waals surface area contributed by atoms with Crippen LogP contribution < -0.4 is 0 Å². The number of aliphatic hydroxyl groups excluding tert-OH is 1. The fourth-order valence-corrected chi connectivity index (χ4v) is 3.28. The highest BCUT2D eigenvalue weighted by molar-refractivity contribution is 6.42. The molecule has 1 aliphatic heterocycles. The summed E-state index contributed by atoms with van der Waals surface area (Å²) in [4.78, 5) is 13.0. The summed E-state index contributed by atoms with van der Waals surface area (Å²) in [6.07, 6.45) is -0.437. The zero-order chi connectivity index (χ0) is 17.4. The van der Waals surface area contributed by atoms with Crippen molar-refractivity contribution in [3.05, 3.63) is 39.4 Å². The van der Waals surface area contributed by atoms with Gasteiger partial charge in [0.2, 0.25) is 0 Å². The molecule has 0 saturated carbocycles. The van der Waals surface area contributed by atoms with Crippen molar-refractivity contribution in [3.63, 3.8) is 0 Å². The number of hydrogen-bond acceptors (Lipinski definition) is 2. The zero-order valence-electron chi connectivity index (χ0n) is 13.4. The summed E-state index contributed by atoms with van der Waals surface area (Å²) in [7, 11) is 0. The predicted molar refractivity (Wildman–Crippen MR) is 93.1 cm³/mol. The highest BCUT2D eigenvalue weighted by Crippen LogP contribution is 2.39. The molecular weight excluding hydrogens is 337 g/mol. The molecular formula is C17H21Cl2NO3. The van der Waals surface area contributed by atoms with Gasteiger partial charge in [-0.2, -0.15) is 0 Å². The smallest absolute Gasteiger partial charge is 0.407 e. The van der Waals surface area contributed by atoms with Gasteiger partial charge >= 0.3 is 6.09 Å². The quantitative estimate of drug-likeness (QED) is 0.816. The van der Waals surface area contributed by atoms with Crippen molar-refractivity contribution in [2.75, 3.05) is 13.2 Å². The molecule has 0 saturated heterocycles. The molecule has 0 aromatic heterocycles. The second-order valence-electron chi connectivity index (χ2n) is 6.87. The number of carboxylic acid groups (broad SMARTS) is 1. The van der Waals surface area contributed by atoms with Crippen molar-refractivity contribution in [2.45, 2.75) is 33.2 Å². The molecule has 0 bridgehead atoms. The van der Waals surface area contributed by atoms with Crippen LogP contribution in [-0.4, -0.2) is 40.4 Å². The van der Waals surface area contributed by atoms with Crippen LogP contribution in [-0.2, 0) is 0 Å². The molecule has 0 aliphatic carbocycles. The first kappa shape index (κ1) is 18.1. The van der Waals surface area contributed by atoms with Gasteiger partial charge in [-0.1, -0.05) is 50.0 Å². The molecule has 2 N–H and O–H groups in total. The minimum absolute atomic E-state index is 0.181. The summed E-state index contributed by atoms with van der Waals surface area (Å²) in [6, 6.07) is 5.16. The van der Waals surface area contributed by atoms with E-state index >= 15 is 0 Å². The van der Waals surface area contributed by atoms with Gasteiger partial charge < -0.3 is 15.1 Å². The summed E-state index contributed by atoms with van der Waals surface area (Å²) < 4.78 is 0. The van der Waals surface area contributed by atoms with Crippen LogP contribution >= 0.6 is 23.2 Å². The largest absolute Gasteiger partial charge is 0.465 e. The van der Waals surface area contributed by atoms with Crippen LogP contribution in [0.15, 0.2) is 23.8 Å². The fourth-order valence-electron chi connectivity index (χ4n) is 2.99. The average Bonchev–Trinajstić information content (AvgIpc) is 2.47. The molecule has 1 aromatic carbocycles. The third-order valence-corrected chi connectivity index (χ3v) is 5.01. The van der Waals surface area contributed by atoms with E-state index in [2.05, 4.69) is 0 Å². The standard InChI is InChI=1S/C17H21Cl2NO3/c1-17(2,3)15-7-12(10-4-5-13(18)14(19)6-10)11(9-21)8-20(15)16(22)23/h4-6,15,21H,7-9H2,1-3H3,(H,22,23). The van der Waals surface area contributed by atoms with Crippen LogP contribution in [0.25, 0.3) is 5.57 Å². The molecule has 1 unspecified atom stereocenters. The predicted octanol–water partition coefficient (Wildman–Crippen LogP) is 4.54. The lowest BCUT2D eigenvalue weighted by molar-refractivity contribution is 0.0838. The Kier molecular flexibility index (Phi) is 5.29. The first-order valence-electron chi connectivity index (χ1n) is 7.42. The van der Waals surface area contributed by atoms with Gasteiger partial charge in [0.1, 0.15) is 0 Å². The highest BCUT2D eigenvalue weighted by Gasteiger charge is 2.38. The maximum Gasteiger partial charge on any atom is 0.407 e. The molecule has 1 heterocycles. The van der Waals surface area contributed by atoms with Crippen LogP contribution in [0.3, 0.4) is 0 Å². The second-order valence-corrected chi connectivity index (χ2v) is 7.68. The SMILES string of the molecule is CC(C)(C)C1CC(c2ccc(Cl)c(Cl)c2)=C(CO)CN1C(=O)O. The summed E-state index contributed by atoms with van der Waals surface area (Å²) in [5.74, 6) is 0. The number of nitrogens with zero attached hydrogens (tertiary/aromatic N) is 1. The lowest BCUT2D eigenvalue weighted by Gasteiger charge is -2.43. The zero-order valence-corrected chi connectivity index (χ0v) is 14.9. The van der Waals surface area contributed by atoms with Gasteiger partial charge in [-0.15, -0.1) is 0 Å². The lowest BCUT2D eigenvalue weighted by atomic mass is 9.77. The first-order valence-corrected chi connectivity index (χ1v) is 8.17. The van der Waals surface area contributed by atoms with Crippen molar-refractivity contribution in [2.24, 2.45) is 5.41 Å². The van der Waals surface area contributed by atoms with Crippen LogP contribution in [0.4, 0.5) is 4.79 Å². The Hall–Kier alpha value is -1.23. The third kappa shape index (κ3) is 3.82. The minimum Gasteiger partial charge on any atom is -0.465 e. The summed E-state index contributed by atoms with van der Waals surface area (Å²) >= 11 is 12.1. The molecule has 4 nitrogen and oxygen atoms in total. The van der Waals surface area contributed by atoms with Crippen LogP contribution in [0.1, 0.15) is 32.8 Å². The Morgan fingerprint density at radius 2 is 1.96 bits per heavy atom. The first-order chi connectivity index (χ1) is 10.6. The third-order valence-electron chi connectivity index (χ3n) is 4.27. The normalized spacial score (nSPS) is 19.2. The van der Waals surface area contributed by atoms with Crippen molar-refractivity contribution in [3.8, 4) is 0 Å². The number of aliphatic hydroxyl groups is 1. The Morgan fingerprint density at radius 3 is 2.43 bits per heavy atom. The number of rotatable bonds is 2. The maximum absolute atomic E-state index is 11.6. The molecule has 23 heavy (non-hydrogen) atoms. The Balaban J connectivity index is 2.51. The van der Waals surface area contributed by atoms with E-state index in [0.717, 1.165) is 11.1 Å². The van der Waals surface area contributed by atoms with Crippen molar-refractivity contribution < 1.29 is 15.0 Å². The number of benzene rings is 1. The molecule has 1 aromatic rings. The highest BCUT2D eigenvalue weighted by atomic mass is 35.5. The molecule has 0 radical (unpaired) electrons. The van der Waals surface area contributed by atoms with Gasteiger partial charge in [0.25, 0.3) is 0 Å². The topological polar surface area (TPSA) is 60.8 Å². The molecule has 0 spiro atoms. The van der Waals surface area contributed by atoms with E-state index in [4.69, 9.17) is 23.2 Å². The van der Waals surface area contributed by atoms with E-state index in [1.165, 1.54) is 4.90 Å². The minimum atomic E-state index is -0.968. The van der Waals surface area contributed by atoms with Gasteiger partial charge in [0, 0.05) is 12.6 Å². The Morgan fingerprint density at radius 1 is 1.30 bits per heavy atom. The summed E-state index contributed by atoms with van der Waals surface area (Å²) in [5.41, 5.74) is 2.30. The van der Waals surface area contributed by atoms with Crippen LogP contribution in [0.2, 0.25) is 10.0 Å². The second kappa shape index (κ2) is 6.71. The maximum atomic E-state index is 11.6. The molecule has 1 aliphatic rings.